The van der Waals surface area contributed by atoms with Gasteiger partial charge in [0.15, 0.2) is 0 Å². The third-order valence-corrected chi connectivity index (χ3v) is 6.83. The van der Waals surface area contributed by atoms with E-state index < -0.39 is 5.97 Å². The van der Waals surface area contributed by atoms with E-state index in [4.69, 9.17) is 9.84 Å². The minimum atomic E-state index is -0.701. The van der Waals surface area contributed by atoms with Gasteiger partial charge in [-0.25, -0.2) is 0 Å². The Morgan fingerprint density at radius 1 is 0.529 bits per heavy atom. The van der Waals surface area contributed by atoms with Crippen LogP contribution in [-0.2, 0) is 14.3 Å². The van der Waals surface area contributed by atoms with E-state index in [9.17, 15) is 9.59 Å². The van der Waals surface area contributed by atoms with E-state index in [1.54, 1.807) is 0 Å². The molecule has 1 atom stereocenters. The van der Waals surface area contributed by atoms with Crippen molar-refractivity contribution in [1.29, 1.82) is 0 Å². The van der Waals surface area contributed by atoms with Gasteiger partial charge >= 0.3 is 11.9 Å². The Bertz CT molecular complexity index is 449. The van der Waals surface area contributed by atoms with Crippen molar-refractivity contribution < 1.29 is 19.4 Å². The smallest absolute Gasteiger partial charge is 0.306 e. The Morgan fingerprint density at radius 3 is 1.29 bits per heavy atom. The van der Waals surface area contributed by atoms with Gasteiger partial charge in [-0.05, 0) is 38.5 Å². The second-order valence-electron chi connectivity index (χ2n) is 10.3. The van der Waals surface area contributed by atoms with Crippen molar-refractivity contribution in [2.24, 2.45) is 0 Å². The minimum Gasteiger partial charge on any atom is -0.481 e. The molecule has 0 rings (SSSR count). The van der Waals surface area contributed by atoms with Gasteiger partial charge in [-0.1, -0.05) is 123 Å². The van der Waals surface area contributed by atoms with E-state index in [0.29, 0.717) is 6.42 Å². The summed E-state index contributed by atoms with van der Waals surface area (Å²) in [6, 6.07) is 0. The van der Waals surface area contributed by atoms with Crippen LogP contribution in [0.5, 0.6) is 0 Å². The molecule has 0 saturated heterocycles. The number of carbonyl (C=O) groups excluding carboxylic acids is 1. The van der Waals surface area contributed by atoms with Gasteiger partial charge in [0.05, 0.1) is 0 Å². The summed E-state index contributed by atoms with van der Waals surface area (Å²) < 4.78 is 5.89. The molecule has 0 fully saturated rings. The first-order valence-electron chi connectivity index (χ1n) is 15.0. The van der Waals surface area contributed by atoms with Crippen LogP contribution in [-0.4, -0.2) is 23.1 Å². The molecule has 0 saturated carbocycles. The molecule has 0 bridgehead atoms. The first-order valence-corrected chi connectivity index (χ1v) is 15.0. The lowest BCUT2D eigenvalue weighted by atomic mass is 10.0. The number of ether oxygens (including phenoxy) is 1. The van der Waals surface area contributed by atoms with E-state index in [0.717, 1.165) is 64.2 Å². The summed E-state index contributed by atoms with van der Waals surface area (Å²) in [6.07, 6.45) is 28.3. The van der Waals surface area contributed by atoms with Crippen LogP contribution in [0.2, 0.25) is 0 Å². The van der Waals surface area contributed by atoms with Crippen molar-refractivity contribution >= 4 is 11.9 Å². The van der Waals surface area contributed by atoms with Crippen molar-refractivity contribution in [1.82, 2.24) is 0 Å². The molecule has 4 nitrogen and oxygen atoms in total. The lowest BCUT2D eigenvalue weighted by Crippen LogP contribution is -2.18. The van der Waals surface area contributed by atoms with Crippen LogP contribution in [0.15, 0.2) is 0 Å². The maximum atomic E-state index is 12.4. The van der Waals surface area contributed by atoms with E-state index >= 15 is 0 Å². The summed E-state index contributed by atoms with van der Waals surface area (Å²) in [7, 11) is 0. The molecule has 0 aromatic carbocycles. The van der Waals surface area contributed by atoms with Crippen LogP contribution in [0.4, 0.5) is 0 Å². The molecule has 0 amide bonds. The number of carboxylic acid groups (broad SMARTS) is 1. The SMILES string of the molecule is CCCCCCCCCCCCCC(=O)OC(CCCCCCC)CCCCCCCC(=O)O. The number of hydrogen-bond donors (Lipinski definition) is 1. The Kier molecular flexibility index (Phi) is 25.7. The molecule has 0 aromatic heterocycles. The number of unbranched alkanes of at least 4 members (excludes halogenated alkanes) is 18. The fourth-order valence-corrected chi connectivity index (χ4v) is 4.59. The normalized spacial score (nSPS) is 12.1. The number of carboxylic acids is 1. The molecular formula is C30H58O4. The Balaban J connectivity index is 3.91. The lowest BCUT2D eigenvalue weighted by Gasteiger charge is -2.18. The molecule has 4 heteroatoms. The molecule has 0 aliphatic rings. The van der Waals surface area contributed by atoms with Crippen molar-refractivity contribution in [3.63, 3.8) is 0 Å². The van der Waals surface area contributed by atoms with Crippen LogP contribution >= 0.6 is 0 Å². The zero-order valence-corrected chi connectivity index (χ0v) is 22.9. The topological polar surface area (TPSA) is 63.6 Å². The quantitative estimate of drug-likeness (QED) is 0.0934. The van der Waals surface area contributed by atoms with E-state index in [-0.39, 0.29) is 18.5 Å². The highest BCUT2D eigenvalue weighted by Crippen LogP contribution is 2.18. The van der Waals surface area contributed by atoms with Gasteiger partial charge < -0.3 is 9.84 Å². The Labute approximate surface area is 212 Å². The number of aliphatic carboxylic acids is 1. The second-order valence-corrected chi connectivity index (χ2v) is 10.3. The van der Waals surface area contributed by atoms with Crippen LogP contribution in [0.1, 0.15) is 174 Å². The summed E-state index contributed by atoms with van der Waals surface area (Å²) >= 11 is 0. The highest BCUT2D eigenvalue weighted by Gasteiger charge is 2.14. The van der Waals surface area contributed by atoms with Crippen LogP contribution < -0.4 is 0 Å². The molecular weight excluding hydrogens is 424 g/mol. The van der Waals surface area contributed by atoms with E-state index in [1.165, 1.54) is 83.5 Å². The fraction of sp³-hybridized carbons (Fsp3) is 0.933. The monoisotopic (exact) mass is 482 g/mol. The zero-order chi connectivity index (χ0) is 25.1. The average molecular weight is 483 g/mol. The third kappa shape index (κ3) is 25.6. The summed E-state index contributed by atoms with van der Waals surface area (Å²) in [6.45, 7) is 4.50. The zero-order valence-electron chi connectivity index (χ0n) is 22.9. The molecule has 0 heterocycles. The molecule has 0 radical (unpaired) electrons. The lowest BCUT2D eigenvalue weighted by molar-refractivity contribution is -0.150. The van der Waals surface area contributed by atoms with Gasteiger partial charge in [-0.2, -0.15) is 0 Å². The molecule has 202 valence electrons. The predicted molar refractivity (Wildman–Crippen MR) is 144 cm³/mol. The number of hydrogen-bond acceptors (Lipinski definition) is 3. The van der Waals surface area contributed by atoms with Crippen LogP contribution in [0.25, 0.3) is 0 Å². The summed E-state index contributed by atoms with van der Waals surface area (Å²) in [5.74, 6) is -0.705. The minimum absolute atomic E-state index is 0.00376. The molecule has 0 aliphatic heterocycles. The molecule has 0 spiro atoms. The maximum absolute atomic E-state index is 12.4. The fourth-order valence-electron chi connectivity index (χ4n) is 4.59. The van der Waals surface area contributed by atoms with Gasteiger partial charge in [0.1, 0.15) is 6.10 Å². The van der Waals surface area contributed by atoms with Crippen LogP contribution in [0, 0.1) is 0 Å². The van der Waals surface area contributed by atoms with Gasteiger partial charge in [0, 0.05) is 12.8 Å². The van der Waals surface area contributed by atoms with Crippen molar-refractivity contribution in [3.05, 3.63) is 0 Å². The van der Waals surface area contributed by atoms with Crippen LogP contribution in [0.3, 0.4) is 0 Å². The van der Waals surface area contributed by atoms with Gasteiger partial charge in [0.25, 0.3) is 0 Å². The Morgan fingerprint density at radius 2 is 0.882 bits per heavy atom. The first-order chi connectivity index (χ1) is 16.6. The van der Waals surface area contributed by atoms with Gasteiger partial charge in [-0.3, -0.25) is 9.59 Å². The maximum Gasteiger partial charge on any atom is 0.306 e. The second kappa shape index (κ2) is 26.5. The predicted octanol–water partition coefficient (Wildman–Crippen LogP) is 9.78. The Hall–Kier alpha value is -1.06. The summed E-state index contributed by atoms with van der Waals surface area (Å²) in [5.41, 5.74) is 0. The largest absolute Gasteiger partial charge is 0.481 e. The van der Waals surface area contributed by atoms with Crippen molar-refractivity contribution in [2.75, 3.05) is 0 Å². The van der Waals surface area contributed by atoms with Gasteiger partial charge in [-0.15, -0.1) is 0 Å². The highest BCUT2D eigenvalue weighted by molar-refractivity contribution is 5.69. The highest BCUT2D eigenvalue weighted by atomic mass is 16.5. The molecule has 1 unspecified atom stereocenters. The van der Waals surface area contributed by atoms with E-state index in [2.05, 4.69) is 13.8 Å². The number of esters is 1. The molecule has 0 aliphatic carbocycles. The standard InChI is InChI=1S/C30H58O4/c1-3-5-7-9-10-11-12-13-14-19-23-27-30(33)34-28(24-20-16-8-6-4-2)25-21-17-15-18-22-26-29(31)32/h28H,3-27H2,1-2H3,(H,31,32). The number of carbonyl (C=O) groups is 2. The van der Waals surface area contributed by atoms with Crippen molar-refractivity contribution in [2.45, 2.75) is 180 Å². The molecule has 1 N–H and O–H groups in total. The molecule has 0 aromatic rings. The van der Waals surface area contributed by atoms with E-state index in [1.807, 2.05) is 0 Å². The molecule has 34 heavy (non-hydrogen) atoms. The average Bonchev–Trinajstić information content (AvgIpc) is 2.81. The van der Waals surface area contributed by atoms with Crippen molar-refractivity contribution in [3.8, 4) is 0 Å². The van der Waals surface area contributed by atoms with Gasteiger partial charge in [0.2, 0.25) is 0 Å². The summed E-state index contributed by atoms with van der Waals surface area (Å²) in [5, 5.41) is 8.72. The first kappa shape index (κ1) is 32.9. The number of rotatable bonds is 27. The summed E-state index contributed by atoms with van der Waals surface area (Å²) in [4.78, 5) is 23.0. The third-order valence-electron chi connectivity index (χ3n) is 6.83.